The van der Waals surface area contributed by atoms with Crippen LogP contribution in [0.25, 0.3) is 11.3 Å². The fourth-order valence-electron chi connectivity index (χ4n) is 2.84. The van der Waals surface area contributed by atoms with Crippen molar-refractivity contribution in [2.24, 2.45) is 11.8 Å². The first-order valence-corrected chi connectivity index (χ1v) is 8.21. The second-order valence-electron chi connectivity index (χ2n) is 5.63. The highest BCUT2D eigenvalue weighted by atomic mass is 32.1. The smallest absolute Gasteiger partial charge is 0.306 e. The number of hydrogen-bond acceptors (Lipinski definition) is 5. The number of nitrogens with one attached hydrogen (secondary N) is 1. The molecule has 0 unspecified atom stereocenters. The number of aromatic nitrogens is 1. The van der Waals surface area contributed by atoms with Crippen molar-refractivity contribution in [3.63, 3.8) is 0 Å². The molecule has 4 N–H and O–H groups in total. The number of hydrogen-bond donors (Lipinski definition) is 3. The summed E-state index contributed by atoms with van der Waals surface area (Å²) >= 11 is 1.22. The molecule has 0 bridgehead atoms. The Morgan fingerprint density at radius 3 is 2.57 bits per heavy atom. The molecule has 23 heavy (non-hydrogen) atoms. The van der Waals surface area contributed by atoms with Crippen LogP contribution in [0.2, 0.25) is 0 Å². The molecule has 2 atom stereocenters. The van der Waals surface area contributed by atoms with Gasteiger partial charge in [0.1, 0.15) is 10.7 Å². The molecule has 1 heterocycles. The van der Waals surface area contributed by atoms with Gasteiger partial charge in [0, 0.05) is 11.5 Å². The van der Waals surface area contributed by atoms with Crippen molar-refractivity contribution in [1.82, 2.24) is 4.98 Å². The molecular formula is C16H17N3O3S. The Bertz CT molecular complexity index is 729. The fourth-order valence-corrected chi connectivity index (χ4v) is 3.60. The van der Waals surface area contributed by atoms with E-state index in [2.05, 4.69) is 10.3 Å². The van der Waals surface area contributed by atoms with E-state index in [1.165, 1.54) is 11.3 Å². The first-order chi connectivity index (χ1) is 11.0. The lowest BCUT2D eigenvalue weighted by atomic mass is 10.0. The first kappa shape index (κ1) is 15.5. The summed E-state index contributed by atoms with van der Waals surface area (Å²) in [6, 6.07) is 9.53. The van der Waals surface area contributed by atoms with E-state index >= 15 is 0 Å². The van der Waals surface area contributed by atoms with Gasteiger partial charge in [0.2, 0.25) is 5.91 Å². The van der Waals surface area contributed by atoms with E-state index in [-0.39, 0.29) is 11.8 Å². The molecule has 3 rings (SSSR count). The first-order valence-electron chi connectivity index (χ1n) is 7.40. The fraction of sp³-hybridized carbons (Fsp3) is 0.312. The van der Waals surface area contributed by atoms with Gasteiger partial charge in [0.05, 0.1) is 5.92 Å². The Hall–Kier alpha value is -2.41. The summed E-state index contributed by atoms with van der Waals surface area (Å²) in [5.74, 6) is -1.71. The molecule has 1 fully saturated rings. The second kappa shape index (κ2) is 6.37. The number of carboxylic acid groups (broad SMARTS) is 1. The van der Waals surface area contributed by atoms with Gasteiger partial charge in [0.25, 0.3) is 0 Å². The highest BCUT2D eigenvalue weighted by Crippen LogP contribution is 2.35. The number of amides is 1. The lowest BCUT2D eigenvalue weighted by molar-refractivity contribution is -0.141. The average Bonchev–Trinajstić information content (AvgIpc) is 3.15. The third-order valence-electron chi connectivity index (χ3n) is 4.08. The lowest BCUT2D eigenvalue weighted by Gasteiger charge is -2.08. The summed E-state index contributed by atoms with van der Waals surface area (Å²) in [4.78, 5) is 27.6. The van der Waals surface area contributed by atoms with Crippen molar-refractivity contribution >= 4 is 33.3 Å². The maximum absolute atomic E-state index is 12.3. The minimum Gasteiger partial charge on any atom is -0.481 e. The van der Waals surface area contributed by atoms with Gasteiger partial charge in [-0.3, -0.25) is 9.59 Å². The molecule has 0 saturated heterocycles. The van der Waals surface area contributed by atoms with Crippen molar-refractivity contribution in [2.45, 2.75) is 19.3 Å². The van der Waals surface area contributed by atoms with E-state index in [1.54, 1.807) is 0 Å². The SMILES string of the molecule is Nc1sc(NC(=O)[C@H]2CC[C@@H](C(=O)O)C2)nc1-c1ccccc1. The highest BCUT2D eigenvalue weighted by molar-refractivity contribution is 7.20. The van der Waals surface area contributed by atoms with E-state index in [4.69, 9.17) is 10.8 Å². The van der Waals surface area contributed by atoms with Crippen LogP contribution in [0.15, 0.2) is 30.3 Å². The molecule has 1 aromatic carbocycles. The monoisotopic (exact) mass is 331 g/mol. The summed E-state index contributed by atoms with van der Waals surface area (Å²) in [6.07, 6.45) is 1.52. The Morgan fingerprint density at radius 2 is 1.91 bits per heavy atom. The number of rotatable bonds is 4. The van der Waals surface area contributed by atoms with Crippen molar-refractivity contribution in [1.29, 1.82) is 0 Å². The normalized spacial score (nSPS) is 20.3. The number of carboxylic acids is 1. The van der Waals surface area contributed by atoms with Gasteiger partial charge < -0.3 is 16.2 Å². The number of nitrogens with zero attached hydrogens (tertiary/aromatic N) is 1. The van der Waals surface area contributed by atoms with E-state index in [0.717, 1.165) is 5.56 Å². The zero-order valence-corrected chi connectivity index (χ0v) is 13.2. The van der Waals surface area contributed by atoms with Gasteiger partial charge in [0.15, 0.2) is 5.13 Å². The molecule has 1 saturated carbocycles. The summed E-state index contributed by atoms with van der Waals surface area (Å²) in [7, 11) is 0. The third kappa shape index (κ3) is 3.34. The largest absolute Gasteiger partial charge is 0.481 e. The van der Waals surface area contributed by atoms with Crippen LogP contribution >= 0.6 is 11.3 Å². The molecule has 0 radical (unpaired) electrons. The number of anilines is 2. The Kier molecular flexibility index (Phi) is 4.29. The zero-order valence-electron chi connectivity index (χ0n) is 12.4. The maximum Gasteiger partial charge on any atom is 0.306 e. The van der Waals surface area contributed by atoms with Crippen molar-refractivity contribution in [3.8, 4) is 11.3 Å². The number of carbonyl (C=O) groups is 2. The molecule has 0 spiro atoms. The minimum absolute atomic E-state index is 0.179. The van der Waals surface area contributed by atoms with Crippen LogP contribution in [0.4, 0.5) is 10.1 Å². The standard InChI is InChI=1S/C16H17N3O3S/c17-13-12(9-4-2-1-3-5-9)18-16(23-13)19-14(20)10-6-7-11(8-10)15(21)22/h1-5,10-11H,6-8,17H2,(H,21,22)(H,18,19,20)/t10-,11+/m0/s1. The van der Waals surface area contributed by atoms with Gasteiger partial charge >= 0.3 is 5.97 Å². The number of nitrogen functional groups attached to an aromatic ring is 1. The van der Waals surface area contributed by atoms with Gasteiger partial charge in [-0.2, -0.15) is 0 Å². The molecule has 1 amide bonds. The molecule has 1 aliphatic carbocycles. The predicted molar refractivity (Wildman–Crippen MR) is 89.1 cm³/mol. The summed E-state index contributed by atoms with van der Waals surface area (Å²) in [5, 5.41) is 12.8. The van der Waals surface area contributed by atoms with Crippen LogP contribution < -0.4 is 11.1 Å². The van der Waals surface area contributed by atoms with Crippen molar-refractivity contribution < 1.29 is 14.7 Å². The van der Waals surface area contributed by atoms with Crippen LogP contribution in [0.1, 0.15) is 19.3 Å². The van der Waals surface area contributed by atoms with E-state index in [1.807, 2.05) is 30.3 Å². The molecule has 6 nitrogen and oxygen atoms in total. The molecular weight excluding hydrogens is 314 g/mol. The van der Waals surface area contributed by atoms with E-state index < -0.39 is 11.9 Å². The second-order valence-corrected chi connectivity index (χ2v) is 6.66. The average molecular weight is 331 g/mol. The Balaban J connectivity index is 1.69. The number of aliphatic carboxylic acids is 1. The zero-order chi connectivity index (χ0) is 16.4. The van der Waals surface area contributed by atoms with Gasteiger partial charge in [-0.05, 0) is 19.3 Å². The lowest BCUT2D eigenvalue weighted by Crippen LogP contribution is -2.21. The van der Waals surface area contributed by atoms with Gasteiger partial charge in [-0.15, -0.1) is 0 Å². The Morgan fingerprint density at radius 1 is 1.22 bits per heavy atom. The van der Waals surface area contributed by atoms with Gasteiger partial charge in [-0.1, -0.05) is 41.7 Å². The topological polar surface area (TPSA) is 105 Å². The maximum atomic E-state index is 12.3. The molecule has 0 aliphatic heterocycles. The third-order valence-corrected chi connectivity index (χ3v) is 4.88. The summed E-state index contributed by atoms with van der Waals surface area (Å²) in [5.41, 5.74) is 7.54. The number of benzene rings is 1. The van der Waals surface area contributed by atoms with Gasteiger partial charge in [-0.25, -0.2) is 4.98 Å². The van der Waals surface area contributed by atoms with E-state index in [9.17, 15) is 9.59 Å². The quantitative estimate of drug-likeness (QED) is 0.799. The van der Waals surface area contributed by atoms with Crippen LogP contribution in [0, 0.1) is 11.8 Å². The van der Waals surface area contributed by atoms with Crippen LogP contribution in [0.5, 0.6) is 0 Å². The van der Waals surface area contributed by atoms with Crippen LogP contribution in [-0.4, -0.2) is 22.0 Å². The highest BCUT2D eigenvalue weighted by Gasteiger charge is 2.34. The molecule has 1 aromatic heterocycles. The molecule has 7 heteroatoms. The molecule has 1 aliphatic rings. The predicted octanol–water partition coefficient (Wildman–Crippen LogP) is 2.83. The summed E-state index contributed by atoms with van der Waals surface area (Å²) < 4.78 is 0. The van der Waals surface area contributed by atoms with Crippen LogP contribution in [0.3, 0.4) is 0 Å². The Labute approximate surface area is 137 Å². The summed E-state index contributed by atoms with van der Waals surface area (Å²) in [6.45, 7) is 0. The number of thiazole rings is 1. The molecule has 120 valence electrons. The molecule has 2 aromatic rings. The van der Waals surface area contributed by atoms with E-state index in [0.29, 0.717) is 35.1 Å². The van der Waals surface area contributed by atoms with Crippen molar-refractivity contribution in [2.75, 3.05) is 11.1 Å². The van der Waals surface area contributed by atoms with Crippen LogP contribution in [-0.2, 0) is 9.59 Å². The number of carbonyl (C=O) groups excluding carboxylic acids is 1. The minimum atomic E-state index is -0.829. The number of nitrogens with two attached hydrogens (primary N) is 1. The van der Waals surface area contributed by atoms with Crippen molar-refractivity contribution in [3.05, 3.63) is 30.3 Å².